The summed E-state index contributed by atoms with van der Waals surface area (Å²) in [7, 11) is 4.55. The molecule has 1 aromatic heterocycles. The first-order valence-electron chi connectivity index (χ1n) is 7.29. The predicted octanol–water partition coefficient (Wildman–Crippen LogP) is 1.46. The molecule has 1 aliphatic heterocycles. The summed E-state index contributed by atoms with van der Waals surface area (Å²) < 4.78 is 22.9. The van der Waals surface area contributed by atoms with Crippen LogP contribution in [0.25, 0.3) is 10.9 Å². The Hall–Kier alpha value is -2.28. The third kappa shape index (κ3) is 2.50. The highest BCUT2D eigenvalue weighted by atomic mass is 16.5. The van der Waals surface area contributed by atoms with Gasteiger partial charge in [0.2, 0.25) is 5.75 Å². The molecule has 124 valence electrons. The first-order chi connectivity index (χ1) is 11.0. The Morgan fingerprint density at radius 3 is 2.43 bits per heavy atom. The topological polar surface area (TPSA) is 71.8 Å². The molecule has 23 heavy (non-hydrogen) atoms. The van der Waals surface area contributed by atoms with E-state index in [2.05, 4.69) is 11.9 Å². The third-order valence-electron chi connectivity index (χ3n) is 4.07. The molecule has 7 heteroatoms. The molecule has 0 aliphatic carbocycles. The van der Waals surface area contributed by atoms with E-state index in [1.54, 1.807) is 17.0 Å². The summed E-state index contributed by atoms with van der Waals surface area (Å²) in [5, 5.41) is 0.436. The van der Waals surface area contributed by atoms with Crippen molar-refractivity contribution in [3.63, 3.8) is 0 Å². The minimum absolute atomic E-state index is 0.0280. The lowest BCUT2D eigenvalue weighted by Crippen LogP contribution is -2.45. The summed E-state index contributed by atoms with van der Waals surface area (Å²) in [5.74, 6) is 1.25. The van der Waals surface area contributed by atoms with Crippen molar-refractivity contribution in [3.8, 4) is 17.2 Å². The summed E-state index contributed by atoms with van der Waals surface area (Å²) in [6, 6.07) is 1.64. The predicted molar refractivity (Wildman–Crippen MR) is 84.6 cm³/mol. The van der Waals surface area contributed by atoms with E-state index in [1.165, 1.54) is 21.3 Å². The van der Waals surface area contributed by atoms with Crippen LogP contribution in [0.1, 0.15) is 6.92 Å². The zero-order chi connectivity index (χ0) is 16.6. The largest absolute Gasteiger partial charge is 0.493 e. The molecule has 1 fully saturated rings. The molecule has 0 N–H and O–H groups in total. The maximum atomic E-state index is 12.8. The van der Waals surface area contributed by atoms with Gasteiger partial charge >= 0.3 is 0 Å². The highest BCUT2D eigenvalue weighted by molar-refractivity contribution is 5.89. The number of nitrogens with zero attached hydrogens (tertiary/aromatic N) is 2. The summed E-state index contributed by atoms with van der Waals surface area (Å²) in [6.45, 7) is 3.94. The molecule has 0 unspecified atom stereocenters. The number of aromatic nitrogens is 2. The van der Waals surface area contributed by atoms with Crippen molar-refractivity contribution < 1.29 is 18.9 Å². The number of rotatable bonds is 5. The molecule has 1 saturated heterocycles. The molecule has 3 rings (SSSR count). The highest BCUT2D eigenvalue weighted by Crippen LogP contribution is 2.41. The van der Waals surface area contributed by atoms with Crippen molar-refractivity contribution in [2.45, 2.75) is 13.5 Å². The lowest BCUT2D eigenvalue weighted by atomic mass is 9.88. The van der Waals surface area contributed by atoms with E-state index in [1.807, 2.05) is 0 Å². The van der Waals surface area contributed by atoms with Gasteiger partial charge in [0, 0.05) is 12.0 Å². The second-order valence-corrected chi connectivity index (χ2v) is 6.02. The number of benzene rings is 1. The monoisotopic (exact) mass is 320 g/mol. The number of hydrogen-bond donors (Lipinski definition) is 0. The molecule has 0 amide bonds. The summed E-state index contributed by atoms with van der Waals surface area (Å²) >= 11 is 0. The van der Waals surface area contributed by atoms with Crippen LogP contribution in [-0.4, -0.2) is 44.1 Å². The minimum Gasteiger partial charge on any atom is -0.493 e. The van der Waals surface area contributed by atoms with Gasteiger partial charge in [-0.1, -0.05) is 6.92 Å². The second-order valence-electron chi connectivity index (χ2n) is 6.02. The zero-order valence-electron chi connectivity index (χ0n) is 13.7. The Morgan fingerprint density at radius 1 is 1.22 bits per heavy atom. The van der Waals surface area contributed by atoms with Crippen LogP contribution in [0, 0.1) is 5.41 Å². The standard InChI is InChI=1S/C16H20N2O5/c1-16(7-23-8-16)6-18-9-17-12-10(15(18)19)5-11(20-2)13(21-3)14(12)22-4/h5,9H,6-8H2,1-4H3. The fraction of sp³-hybridized carbons (Fsp3) is 0.500. The van der Waals surface area contributed by atoms with E-state index < -0.39 is 0 Å². The van der Waals surface area contributed by atoms with Gasteiger partial charge in [-0.25, -0.2) is 4.98 Å². The molecule has 1 aliphatic rings. The van der Waals surface area contributed by atoms with E-state index in [-0.39, 0.29) is 11.0 Å². The molecule has 2 aromatic rings. The summed E-state index contributed by atoms with van der Waals surface area (Å²) in [6.07, 6.45) is 1.54. The van der Waals surface area contributed by atoms with Gasteiger partial charge in [0.25, 0.3) is 5.56 Å². The Bertz CT molecular complexity index is 795. The van der Waals surface area contributed by atoms with Crippen LogP contribution in [0.2, 0.25) is 0 Å². The average Bonchev–Trinajstić information content (AvgIpc) is 2.54. The van der Waals surface area contributed by atoms with Crippen LogP contribution in [-0.2, 0) is 11.3 Å². The molecule has 1 aromatic carbocycles. The van der Waals surface area contributed by atoms with E-state index in [9.17, 15) is 4.79 Å². The fourth-order valence-corrected chi connectivity index (χ4v) is 2.83. The molecule has 7 nitrogen and oxygen atoms in total. The van der Waals surface area contributed by atoms with Crippen LogP contribution in [0.15, 0.2) is 17.2 Å². The number of methoxy groups -OCH3 is 3. The molecule has 0 bridgehead atoms. The summed E-state index contributed by atoms with van der Waals surface area (Å²) in [5.41, 5.74) is 0.295. The first kappa shape index (κ1) is 15.6. The molecule has 0 saturated carbocycles. The maximum Gasteiger partial charge on any atom is 0.261 e. The molecular weight excluding hydrogens is 300 g/mol. The van der Waals surface area contributed by atoms with Gasteiger partial charge in [-0.3, -0.25) is 9.36 Å². The van der Waals surface area contributed by atoms with Crippen LogP contribution in [0.3, 0.4) is 0 Å². The quantitative estimate of drug-likeness (QED) is 0.830. The molecule has 0 radical (unpaired) electrons. The van der Waals surface area contributed by atoms with E-state index in [0.29, 0.717) is 47.9 Å². The maximum absolute atomic E-state index is 12.8. The third-order valence-corrected chi connectivity index (χ3v) is 4.07. The van der Waals surface area contributed by atoms with Crippen molar-refractivity contribution >= 4 is 10.9 Å². The summed E-state index contributed by atoms with van der Waals surface area (Å²) in [4.78, 5) is 17.2. The average molecular weight is 320 g/mol. The van der Waals surface area contributed by atoms with Gasteiger partial charge in [-0.15, -0.1) is 0 Å². The normalized spacial score (nSPS) is 16.0. The first-order valence-corrected chi connectivity index (χ1v) is 7.29. The van der Waals surface area contributed by atoms with Gasteiger partial charge in [-0.05, 0) is 6.07 Å². The van der Waals surface area contributed by atoms with Crippen molar-refractivity contribution in [2.24, 2.45) is 5.41 Å². The second kappa shape index (κ2) is 5.73. The smallest absolute Gasteiger partial charge is 0.261 e. The van der Waals surface area contributed by atoms with Gasteiger partial charge in [-0.2, -0.15) is 0 Å². The van der Waals surface area contributed by atoms with Crippen molar-refractivity contribution in [1.82, 2.24) is 9.55 Å². The van der Waals surface area contributed by atoms with Crippen LogP contribution < -0.4 is 19.8 Å². The fourth-order valence-electron chi connectivity index (χ4n) is 2.83. The Balaban J connectivity index is 2.19. The highest BCUT2D eigenvalue weighted by Gasteiger charge is 2.34. The van der Waals surface area contributed by atoms with Gasteiger partial charge < -0.3 is 18.9 Å². The Kier molecular flexibility index (Phi) is 3.89. The van der Waals surface area contributed by atoms with Gasteiger partial charge in [0.15, 0.2) is 11.5 Å². The number of fused-ring (bicyclic) bond motifs is 1. The Labute approximate surface area is 133 Å². The van der Waals surface area contributed by atoms with E-state index >= 15 is 0 Å². The lowest BCUT2D eigenvalue weighted by molar-refractivity contribution is -0.110. The van der Waals surface area contributed by atoms with Crippen LogP contribution >= 0.6 is 0 Å². The van der Waals surface area contributed by atoms with E-state index in [0.717, 1.165) is 0 Å². The number of hydrogen-bond acceptors (Lipinski definition) is 6. The van der Waals surface area contributed by atoms with Crippen LogP contribution in [0.5, 0.6) is 17.2 Å². The van der Waals surface area contributed by atoms with Crippen LogP contribution in [0.4, 0.5) is 0 Å². The molecule has 0 spiro atoms. The van der Waals surface area contributed by atoms with Gasteiger partial charge in [0.1, 0.15) is 5.52 Å². The van der Waals surface area contributed by atoms with Crippen molar-refractivity contribution in [2.75, 3.05) is 34.5 Å². The van der Waals surface area contributed by atoms with E-state index in [4.69, 9.17) is 18.9 Å². The number of ether oxygens (including phenoxy) is 4. The lowest BCUT2D eigenvalue weighted by Gasteiger charge is -2.38. The minimum atomic E-state index is -0.137. The molecular formula is C16H20N2O5. The molecule has 0 atom stereocenters. The SMILES string of the molecule is COc1cc2c(=O)n(CC3(C)COC3)cnc2c(OC)c1OC. The van der Waals surface area contributed by atoms with Gasteiger partial charge in [0.05, 0.1) is 46.3 Å². The molecule has 2 heterocycles. The Morgan fingerprint density at radius 2 is 1.91 bits per heavy atom. The zero-order valence-corrected chi connectivity index (χ0v) is 13.7. The van der Waals surface area contributed by atoms with Crippen molar-refractivity contribution in [1.29, 1.82) is 0 Å². The van der Waals surface area contributed by atoms with Crippen molar-refractivity contribution in [3.05, 3.63) is 22.7 Å².